The number of aryl methyl sites for hydroxylation is 1. The predicted molar refractivity (Wildman–Crippen MR) is 113 cm³/mol. The Morgan fingerprint density at radius 1 is 1.21 bits per heavy atom. The van der Waals surface area contributed by atoms with Gasteiger partial charge in [-0.2, -0.15) is 0 Å². The smallest absolute Gasteiger partial charge is 0.253 e. The molecule has 0 saturated carbocycles. The van der Waals surface area contributed by atoms with Gasteiger partial charge in [-0.25, -0.2) is 9.97 Å². The summed E-state index contributed by atoms with van der Waals surface area (Å²) in [5.74, 6) is 2.11. The lowest BCUT2D eigenvalue weighted by Crippen LogP contribution is -2.31. The molecule has 1 atom stereocenters. The third kappa shape index (κ3) is 4.56. The first-order valence-electron chi connectivity index (χ1n) is 9.70. The molecule has 0 spiro atoms. The van der Waals surface area contributed by atoms with E-state index in [4.69, 9.17) is 4.74 Å². The maximum absolute atomic E-state index is 13.0. The SMILES string of the molecule is CCN(CC)c1ccc(C(=O)NC(c2cccc(OC)c2)c2nccn2C)cn1. The van der Waals surface area contributed by atoms with Gasteiger partial charge >= 0.3 is 0 Å². The topological polar surface area (TPSA) is 72.3 Å². The molecule has 7 nitrogen and oxygen atoms in total. The van der Waals surface area contributed by atoms with Gasteiger partial charge in [0.2, 0.25) is 0 Å². The highest BCUT2D eigenvalue weighted by atomic mass is 16.5. The molecule has 2 heterocycles. The normalized spacial score (nSPS) is 11.7. The van der Waals surface area contributed by atoms with Crippen molar-refractivity contribution in [2.75, 3.05) is 25.1 Å². The number of rotatable bonds is 8. The number of ether oxygens (including phenoxy) is 1. The highest BCUT2D eigenvalue weighted by Crippen LogP contribution is 2.24. The summed E-state index contributed by atoms with van der Waals surface area (Å²) in [6.45, 7) is 5.90. The van der Waals surface area contributed by atoms with Crippen molar-refractivity contribution in [2.24, 2.45) is 7.05 Å². The second kappa shape index (κ2) is 9.23. The van der Waals surface area contributed by atoms with E-state index >= 15 is 0 Å². The van der Waals surface area contributed by atoms with Crippen LogP contribution in [0.1, 0.15) is 41.6 Å². The van der Waals surface area contributed by atoms with E-state index in [1.165, 1.54) is 0 Å². The predicted octanol–water partition coefficient (Wildman–Crippen LogP) is 3.19. The second-order valence-electron chi connectivity index (χ2n) is 6.66. The fourth-order valence-electron chi connectivity index (χ4n) is 3.24. The highest BCUT2D eigenvalue weighted by molar-refractivity contribution is 5.94. The van der Waals surface area contributed by atoms with Crippen LogP contribution in [0.2, 0.25) is 0 Å². The lowest BCUT2D eigenvalue weighted by Gasteiger charge is -2.21. The van der Waals surface area contributed by atoms with Gasteiger partial charge in [-0.1, -0.05) is 12.1 Å². The van der Waals surface area contributed by atoms with E-state index in [0.717, 1.165) is 36.0 Å². The zero-order valence-corrected chi connectivity index (χ0v) is 17.3. The maximum Gasteiger partial charge on any atom is 0.253 e. The number of carbonyl (C=O) groups is 1. The van der Waals surface area contributed by atoms with E-state index < -0.39 is 6.04 Å². The minimum atomic E-state index is -0.417. The summed E-state index contributed by atoms with van der Waals surface area (Å²) in [6, 6.07) is 10.9. The first kappa shape index (κ1) is 20.4. The molecule has 29 heavy (non-hydrogen) atoms. The summed E-state index contributed by atoms with van der Waals surface area (Å²) >= 11 is 0. The molecule has 7 heteroatoms. The van der Waals surface area contributed by atoms with Crippen molar-refractivity contribution in [3.05, 3.63) is 71.9 Å². The summed E-state index contributed by atoms with van der Waals surface area (Å²) in [5, 5.41) is 3.09. The van der Waals surface area contributed by atoms with Crippen LogP contribution in [-0.2, 0) is 7.05 Å². The number of hydrogen-bond acceptors (Lipinski definition) is 5. The molecule has 0 fully saturated rings. The van der Waals surface area contributed by atoms with Gasteiger partial charge in [-0.05, 0) is 43.7 Å². The van der Waals surface area contributed by atoms with Gasteiger partial charge in [0.25, 0.3) is 5.91 Å². The molecule has 0 saturated heterocycles. The Hall–Kier alpha value is -3.35. The van der Waals surface area contributed by atoms with Crippen LogP contribution < -0.4 is 15.0 Å². The summed E-state index contributed by atoms with van der Waals surface area (Å²) in [7, 11) is 3.53. The molecule has 3 aromatic rings. The van der Waals surface area contributed by atoms with Gasteiger partial charge in [-0.15, -0.1) is 0 Å². The number of aromatic nitrogens is 3. The first-order valence-corrected chi connectivity index (χ1v) is 9.70. The molecule has 152 valence electrons. The van der Waals surface area contributed by atoms with E-state index in [1.54, 1.807) is 25.6 Å². The lowest BCUT2D eigenvalue weighted by atomic mass is 10.0. The number of nitrogens with zero attached hydrogens (tertiary/aromatic N) is 4. The standard InChI is InChI=1S/C22H27N5O2/c1-5-27(6-2)19-11-10-17(15-24-19)22(28)25-20(21-23-12-13-26(21)3)16-8-7-9-18(14-16)29-4/h7-15,20H,5-6H2,1-4H3,(H,25,28). The van der Waals surface area contributed by atoms with Crippen LogP contribution in [0.4, 0.5) is 5.82 Å². The second-order valence-corrected chi connectivity index (χ2v) is 6.66. The highest BCUT2D eigenvalue weighted by Gasteiger charge is 2.22. The van der Waals surface area contributed by atoms with Crippen molar-refractivity contribution in [1.29, 1.82) is 0 Å². The molecule has 0 aliphatic heterocycles. The monoisotopic (exact) mass is 393 g/mol. The van der Waals surface area contributed by atoms with Crippen molar-refractivity contribution < 1.29 is 9.53 Å². The number of carbonyl (C=O) groups excluding carboxylic acids is 1. The van der Waals surface area contributed by atoms with E-state index in [-0.39, 0.29) is 5.91 Å². The van der Waals surface area contributed by atoms with Crippen molar-refractivity contribution in [1.82, 2.24) is 19.9 Å². The first-order chi connectivity index (χ1) is 14.1. The molecule has 0 aliphatic carbocycles. The van der Waals surface area contributed by atoms with Gasteiger partial charge in [0.1, 0.15) is 23.4 Å². The number of amides is 1. The zero-order chi connectivity index (χ0) is 20.8. The van der Waals surface area contributed by atoms with Crippen LogP contribution >= 0.6 is 0 Å². The van der Waals surface area contributed by atoms with E-state index in [0.29, 0.717) is 5.56 Å². The van der Waals surface area contributed by atoms with E-state index in [9.17, 15) is 4.79 Å². The summed E-state index contributed by atoms with van der Waals surface area (Å²) in [5.41, 5.74) is 1.39. The Kier molecular flexibility index (Phi) is 6.49. The third-order valence-electron chi connectivity index (χ3n) is 4.92. The Bertz CT molecular complexity index is 948. The minimum Gasteiger partial charge on any atom is -0.497 e. The number of imidazole rings is 1. The van der Waals surface area contributed by atoms with Crippen LogP contribution in [0.5, 0.6) is 5.75 Å². The molecule has 0 bridgehead atoms. The maximum atomic E-state index is 13.0. The molecule has 1 unspecified atom stereocenters. The minimum absolute atomic E-state index is 0.209. The van der Waals surface area contributed by atoms with Gasteiger partial charge in [0.15, 0.2) is 0 Å². The Labute approximate surface area is 171 Å². The van der Waals surface area contributed by atoms with Crippen molar-refractivity contribution >= 4 is 11.7 Å². The average Bonchev–Trinajstić information content (AvgIpc) is 3.18. The summed E-state index contributed by atoms with van der Waals surface area (Å²) < 4.78 is 7.24. The van der Waals surface area contributed by atoms with Crippen LogP contribution in [-0.4, -0.2) is 40.6 Å². The van der Waals surface area contributed by atoms with Gasteiger partial charge in [0, 0.05) is 38.7 Å². The number of nitrogens with one attached hydrogen (secondary N) is 1. The molecule has 0 radical (unpaired) electrons. The molecule has 2 aromatic heterocycles. The number of anilines is 1. The molecule has 1 amide bonds. The van der Waals surface area contributed by atoms with Crippen LogP contribution in [0.15, 0.2) is 55.0 Å². The average molecular weight is 393 g/mol. The van der Waals surface area contributed by atoms with Crippen molar-refractivity contribution in [2.45, 2.75) is 19.9 Å². The fraction of sp³-hybridized carbons (Fsp3) is 0.318. The number of benzene rings is 1. The largest absolute Gasteiger partial charge is 0.497 e. The molecule has 1 N–H and O–H groups in total. The number of hydrogen-bond donors (Lipinski definition) is 1. The molecule has 1 aromatic carbocycles. The van der Waals surface area contributed by atoms with Crippen LogP contribution in [0.25, 0.3) is 0 Å². The summed E-state index contributed by atoms with van der Waals surface area (Å²) in [6.07, 6.45) is 5.19. The third-order valence-corrected chi connectivity index (χ3v) is 4.92. The number of pyridine rings is 1. The molecular formula is C22H27N5O2. The fourth-order valence-corrected chi connectivity index (χ4v) is 3.24. The van der Waals surface area contributed by atoms with Crippen molar-refractivity contribution in [3.8, 4) is 5.75 Å². The van der Waals surface area contributed by atoms with E-state index in [1.807, 2.05) is 48.1 Å². The molecule has 3 rings (SSSR count). The van der Waals surface area contributed by atoms with Gasteiger partial charge < -0.3 is 19.5 Å². The van der Waals surface area contributed by atoms with Crippen LogP contribution in [0.3, 0.4) is 0 Å². The Morgan fingerprint density at radius 2 is 2.00 bits per heavy atom. The summed E-state index contributed by atoms with van der Waals surface area (Å²) in [4.78, 5) is 24.0. The Balaban J connectivity index is 1.88. The lowest BCUT2D eigenvalue weighted by molar-refractivity contribution is 0.0940. The molecular weight excluding hydrogens is 366 g/mol. The van der Waals surface area contributed by atoms with Gasteiger partial charge in [0.05, 0.1) is 12.7 Å². The van der Waals surface area contributed by atoms with Gasteiger partial charge in [-0.3, -0.25) is 4.79 Å². The van der Waals surface area contributed by atoms with E-state index in [2.05, 4.69) is 34.0 Å². The van der Waals surface area contributed by atoms with Crippen molar-refractivity contribution in [3.63, 3.8) is 0 Å². The quantitative estimate of drug-likeness (QED) is 0.636. The van der Waals surface area contributed by atoms with Crippen LogP contribution in [0, 0.1) is 0 Å². The number of methoxy groups -OCH3 is 1. The molecule has 0 aliphatic rings. The Morgan fingerprint density at radius 3 is 2.59 bits per heavy atom. The zero-order valence-electron chi connectivity index (χ0n) is 17.3.